The highest BCUT2D eigenvalue weighted by molar-refractivity contribution is 7.98. The molecule has 4 rings (SSSR count). The van der Waals surface area contributed by atoms with E-state index in [4.69, 9.17) is 39.5 Å². The molecule has 35 heavy (non-hydrogen) atoms. The van der Waals surface area contributed by atoms with E-state index in [2.05, 4.69) is 15.5 Å². The zero-order chi connectivity index (χ0) is 24.8. The van der Waals surface area contributed by atoms with Gasteiger partial charge in [-0.05, 0) is 60.2 Å². The van der Waals surface area contributed by atoms with Gasteiger partial charge in [0.05, 0.1) is 17.3 Å². The second kappa shape index (κ2) is 11.8. The molecular formula is C24H18Cl3FN4O2S. The largest absolute Gasteiger partial charge is 0.484 e. The third kappa shape index (κ3) is 6.89. The molecule has 0 aliphatic carbocycles. The fraction of sp³-hybridized carbons (Fsp3) is 0.125. The smallest absolute Gasteiger partial charge is 0.258 e. The van der Waals surface area contributed by atoms with Gasteiger partial charge in [0.15, 0.2) is 17.6 Å². The van der Waals surface area contributed by atoms with Crippen LogP contribution in [-0.4, -0.2) is 27.3 Å². The molecule has 0 radical (unpaired) electrons. The Morgan fingerprint density at radius 3 is 2.40 bits per heavy atom. The van der Waals surface area contributed by atoms with E-state index in [-0.39, 0.29) is 24.9 Å². The molecule has 1 heterocycles. The number of rotatable bonds is 9. The average Bonchev–Trinajstić information content (AvgIpc) is 3.24. The van der Waals surface area contributed by atoms with Crippen LogP contribution in [0.1, 0.15) is 11.4 Å². The highest BCUT2D eigenvalue weighted by atomic mass is 35.5. The minimum absolute atomic E-state index is 0.0892. The highest BCUT2D eigenvalue weighted by Crippen LogP contribution is 2.30. The van der Waals surface area contributed by atoms with Crippen LogP contribution in [0.25, 0.3) is 5.69 Å². The summed E-state index contributed by atoms with van der Waals surface area (Å²) in [6.45, 7) is -0.0878. The fourth-order valence-corrected chi connectivity index (χ4v) is 4.59. The van der Waals surface area contributed by atoms with E-state index in [1.165, 1.54) is 23.9 Å². The van der Waals surface area contributed by atoms with Gasteiger partial charge in [-0.1, -0.05) is 58.7 Å². The Hall–Kier alpha value is -2.78. The van der Waals surface area contributed by atoms with Gasteiger partial charge in [-0.2, -0.15) is 0 Å². The van der Waals surface area contributed by atoms with E-state index in [9.17, 15) is 9.18 Å². The molecule has 0 unspecified atom stereocenters. The third-order valence-electron chi connectivity index (χ3n) is 4.76. The predicted molar refractivity (Wildman–Crippen MR) is 136 cm³/mol. The molecule has 1 N–H and O–H groups in total. The van der Waals surface area contributed by atoms with Crippen LogP contribution in [0.5, 0.6) is 5.75 Å². The number of carbonyl (C=O) groups is 1. The first kappa shape index (κ1) is 25.3. The molecule has 0 atom stereocenters. The summed E-state index contributed by atoms with van der Waals surface area (Å²) in [7, 11) is 0. The molecule has 1 aromatic heterocycles. The molecule has 3 aromatic carbocycles. The van der Waals surface area contributed by atoms with Gasteiger partial charge in [-0.25, -0.2) is 4.39 Å². The van der Waals surface area contributed by atoms with E-state index < -0.39 is 0 Å². The monoisotopic (exact) mass is 550 g/mol. The van der Waals surface area contributed by atoms with Crippen LogP contribution < -0.4 is 10.1 Å². The molecule has 11 heteroatoms. The van der Waals surface area contributed by atoms with E-state index in [0.717, 1.165) is 5.56 Å². The lowest BCUT2D eigenvalue weighted by atomic mass is 10.2. The first-order valence-electron chi connectivity index (χ1n) is 10.3. The van der Waals surface area contributed by atoms with Crippen LogP contribution in [-0.2, 0) is 17.1 Å². The zero-order valence-corrected chi connectivity index (χ0v) is 21.1. The Morgan fingerprint density at radius 2 is 1.69 bits per heavy atom. The Morgan fingerprint density at radius 1 is 0.971 bits per heavy atom. The van der Waals surface area contributed by atoms with Crippen molar-refractivity contribution in [1.29, 1.82) is 0 Å². The maximum absolute atomic E-state index is 13.2. The van der Waals surface area contributed by atoms with Crippen LogP contribution >= 0.6 is 46.6 Å². The van der Waals surface area contributed by atoms with Crippen LogP contribution in [0, 0.1) is 5.82 Å². The molecule has 0 saturated carbocycles. The number of amides is 1. The number of halogens is 4. The van der Waals surface area contributed by atoms with Crippen molar-refractivity contribution in [2.75, 3.05) is 6.61 Å². The molecule has 0 fully saturated rings. The molecule has 1 amide bonds. The minimum Gasteiger partial charge on any atom is -0.484 e. The average molecular weight is 552 g/mol. The van der Waals surface area contributed by atoms with Gasteiger partial charge in [0.2, 0.25) is 0 Å². The molecule has 4 aromatic rings. The summed E-state index contributed by atoms with van der Waals surface area (Å²) in [5.41, 5.74) is 1.53. The van der Waals surface area contributed by atoms with Gasteiger partial charge >= 0.3 is 0 Å². The van der Waals surface area contributed by atoms with Gasteiger partial charge in [-0.15, -0.1) is 10.2 Å². The van der Waals surface area contributed by atoms with Gasteiger partial charge in [0, 0.05) is 15.8 Å². The van der Waals surface area contributed by atoms with E-state index in [1.807, 2.05) is 0 Å². The van der Waals surface area contributed by atoms with Gasteiger partial charge in [-0.3, -0.25) is 9.36 Å². The van der Waals surface area contributed by atoms with Crippen molar-refractivity contribution in [3.8, 4) is 11.4 Å². The number of aromatic nitrogens is 3. The third-order valence-corrected chi connectivity index (χ3v) is 6.55. The van der Waals surface area contributed by atoms with Crippen LogP contribution in [0.3, 0.4) is 0 Å². The quantitative estimate of drug-likeness (QED) is 0.245. The number of carbonyl (C=O) groups excluding carboxylic acids is 1. The van der Waals surface area contributed by atoms with Crippen molar-refractivity contribution < 1.29 is 13.9 Å². The number of hydrogen-bond donors (Lipinski definition) is 1. The SMILES string of the molecule is O=C(COc1ccc(Cl)cc1)NCc1nnc(SCc2ccc(F)cc2)n1-c1ccc(Cl)cc1Cl. The van der Waals surface area contributed by atoms with Crippen molar-refractivity contribution in [3.63, 3.8) is 0 Å². The molecule has 0 aliphatic heterocycles. The highest BCUT2D eigenvalue weighted by Gasteiger charge is 2.18. The van der Waals surface area contributed by atoms with E-state index in [0.29, 0.717) is 43.2 Å². The molecule has 180 valence electrons. The fourth-order valence-electron chi connectivity index (χ4n) is 3.05. The van der Waals surface area contributed by atoms with Crippen molar-refractivity contribution >= 4 is 52.5 Å². The molecule has 6 nitrogen and oxygen atoms in total. The minimum atomic E-state index is -0.336. The number of nitrogens with one attached hydrogen (secondary N) is 1. The summed E-state index contributed by atoms with van der Waals surface area (Å²) in [5.74, 6) is 0.895. The lowest BCUT2D eigenvalue weighted by Crippen LogP contribution is -2.29. The lowest BCUT2D eigenvalue weighted by molar-refractivity contribution is -0.123. The first-order chi connectivity index (χ1) is 16.9. The normalized spacial score (nSPS) is 10.9. The maximum atomic E-state index is 13.2. The van der Waals surface area contributed by atoms with Crippen LogP contribution in [0.4, 0.5) is 4.39 Å². The standard InChI is InChI=1S/C24H18Cl3FN4O2S/c25-16-3-8-19(9-4-16)34-13-23(33)29-12-22-30-31-24(35-14-15-1-6-18(28)7-2-15)32(22)21-10-5-17(26)11-20(21)27/h1-11H,12-14H2,(H,29,33). The lowest BCUT2D eigenvalue weighted by Gasteiger charge is -2.13. The summed E-state index contributed by atoms with van der Waals surface area (Å²) in [4.78, 5) is 12.4. The molecule has 0 aliphatic rings. The van der Waals surface area contributed by atoms with Crippen molar-refractivity contribution in [2.45, 2.75) is 17.5 Å². The molecule has 0 saturated heterocycles. The van der Waals surface area contributed by atoms with E-state index in [1.54, 1.807) is 59.2 Å². The van der Waals surface area contributed by atoms with Crippen LogP contribution in [0.15, 0.2) is 71.9 Å². The Labute approximate surface area is 220 Å². The molecule has 0 spiro atoms. The van der Waals surface area contributed by atoms with Crippen molar-refractivity contribution in [2.24, 2.45) is 0 Å². The zero-order valence-electron chi connectivity index (χ0n) is 18.1. The Balaban J connectivity index is 1.49. The van der Waals surface area contributed by atoms with Gasteiger partial charge < -0.3 is 10.1 Å². The Bertz CT molecular complexity index is 1320. The number of nitrogens with zero attached hydrogens (tertiary/aromatic N) is 3. The van der Waals surface area contributed by atoms with Gasteiger partial charge in [0.1, 0.15) is 11.6 Å². The topological polar surface area (TPSA) is 69.0 Å². The van der Waals surface area contributed by atoms with Gasteiger partial charge in [0.25, 0.3) is 5.91 Å². The Kier molecular flexibility index (Phi) is 8.51. The van der Waals surface area contributed by atoms with E-state index >= 15 is 0 Å². The summed E-state index contributed by atoms with van der Waals surface area (Å²) >= 11 is 19.8. The summed E-state index contributed by atoms with van der Waals surface area (Å²) < 4.78 is 20.5. The summed E-state index contributed by atoms with van der Waals surface area (Å²) in [6.07, 6.45) is 0. The second-order valence-corrected chi connectivity index (χ2v) is 9.49. The molecule has 0 bridgehead atoms. The second-order valence-electron chi connectivity index (χ2n) is 7.26. The van der Waals surface area contributed by atoms with Crippen molar-refractivity contribution in [1.82, 2.24) is 20.1 Å². The summed E-state index contributed by atoms with van der Waals surface area (Å²) in [5, 5.41) is 13.3. The number of thioether (sulfide) groups is 1. The number of hydrogen-bond acceptors (Lipinski definition) is 5. The predicted octanol–water partition coefficient (Wildman–Crippen LogP) is 6.35. The first-order valence-corrected chi connectivity index (χ1v) is 12.4. The molecular weight excluding hydrogens is 534 g/mol. The summed E-state index contributed by atoms with van der Waals surface area (Å²) in [6, 6.07) is 18.0. The number of ether oxygens (including phenoxy) is 1. The number of benzene rings is 3. The maximum Gasteiger partial charge on any atom is 0.258 e. The van der Waals surface area contributed by atoms with Crippen molar-refractivity contribution in [3.05, 3.63) is 99.0 Å². The van der Waals surface area contributed by atoms with Crippen LogP contribution in [0.2, 0.25) is 15.1 Å².